The van der Waals surface area contributed by atoms with Crippen molar-refractivity contribution in [2.24, 2.45) is 0 Å². The summed E-state index contributed by atoms with van der Waals surface area (Å²) in [7, 11) is 0. The number of nitriles is 1. The van der Waals surface area contributed by atoms with E-state index in [0.29, 0.717) is 37.4 Å². The summed E-state index contributed by atoms with van der Waals surface area (Å²) in [5.74, 6) is -3.60. The van der Waals surface area contributed by atoms with E-state index in [0.717, 1.165) is 5.69 Å². The molecule has 0 radical (unpaired) electrons. The summed E-state index contributed by atoms with van der Waals surface area (Å²) in [6, 6.07) is 5.87. The second kappa shape index (κ2) is 9.02. The van der Waals surface area contributed by atoms with E-state index in [1.807, 2.05) is 9.91 Å². The zero-order chi connectivity index (χ0) is 22.7. The predicted octanol–water partition coefficient (Wildman–Crippen LogP) is 2.60. The molecule has 2 aliphatic heterocycles. The van der Waals surface area contributed by atoms with Crippen LogP contribution in [-0.2, 0) is 0 Å². The van der Waals surface area contributed by atoms with Crippen LogP contribution in [-0.4, -0.2) is 47.9 Å². The van der Waals surface area contributed by atoms with Gasteiger partial charge in [-0.3, -0.25) is 15.1 Å². The fourth-order valence-corrected chi connectivity index (χ4v) is 3.92. The van der Waals surface area contributed by atoms with Crippen LogP contribution < -0.4 is 21.1 Å². The Labute approximate surface area is 183 Å². The first-order chi connectivity index (χ1) is 15.4. The standard InChI is InChI=1S/C21H22F3N7O/c22-14-1-2-18-16(11-14)19(28-17-12-26-6-3-15(17)20(32)27-13-25)29-31(18)10-9-30-7-4-21(23,24)5-8-30/h1-3,6,11-12,19,28-29H,4-5,7-10H2,(H,27,32). The zero-order valence-corrected chi connectivity index (χ0v) is 17.1. The van der Waals surface area contributed by atoms with Crippen LogP contribution >= 0.6 is 0 Å². The number of anilines is 2. The smallest absolute Gasteiger partial charge is 0.266 e. The van der Waals surface area contributed by atoms with Gasteiger partial charge in [0.25, 0.3) is 11.8 Å². The Bertz CT molecular complexity index is 1030. The van der Waals surface area contributed by atoms with Crippen molar-refractivity contribution in [1.82, 2.24) is 20.6 Å². The maximum absolute atomic E-state index is 14.0. The highest BCUT2D eigenvalue weighted by molar-refractivity contribution is 6.00. The quantitative estimate of drug-likeness (QED) is 0.465. The number of benzene rings is 1. The lowest BCUT2D eigenvalue weighted by molar-refractivity contribution is -0.0545. The van der Waals surface area contributed by atoms with E-state index in [1.54, 1.807) is 12.3 Å². The van der Waals surface area contributed by atoms with Crippen molar-refractivity contribution in [2.75, 3.05) is 36.5 Å². The Kier molecular flexibility index (Phi) is 6.16. The minimum atomic E-state index is -2.60. The van der Waals surface area contributed by atoms with Gasteiger partial charge in [0.15, 0.2) is 6.19 Å². The summed E-state index contributed by atoms with van der Waals surface area (Å²) in [4.78, 5) is 18.2. The maximum atomic E-state index is 14.0. The van der Waals surface area contributed by atoms with Gasteiger partial charge in [-0.05, 0) is 24.3 Å². The molecule has 1 aromatic heterocycles. The average Bonchev–Trinajstić information content (AvgIpc) is 3.10. The summed E-state index contributed by atoms with van der Waals surface area (Å²) >= 11 is 0. The third-order valence-electron chi connectivity index (χ3n) is 5.64. The predicted molar refractivity (Wildman–Crippen MR) is 111 cm³/mol. The van der Waals surface area contributed by atoms with E-state index < -0.39 is 23.8 Å². The number of hydrazine groups is 1. The second-order valence-electron chi connectivity index (χ2n) is 7.75. The molecule has 1 unspecified atom stereocenters. The van der Waals surface area contributed by atoms with Crippen LogP contribution in [0.2, 0.25) is 0 Å². The van der Waals surface area contributed by atoms with Gasteiger partial charge in [0.05, 0.1) is 23.1 Å². The number of carbonyl (C=O) groups is 1. The van der Waals surface area contributed by atoms with Gasteiger partial charge in [0.2, 0.25) is 0 Å². The Morgan fingerprint density at radius 1 is 1.28 bits per heavy atom. The van der Waals surface area contributed by atoms with Crippen LogP contribution in [0.1, 0.15) is 34.9 Å². The first kappa shape index (κ1) is 21.9. The summed E-state index contributed by atoms with van der Waals surface area (Å²) in [5.41, 5.74) is 5.21. The molecule has 2 aliphatic rings. The van der Waals surface area contributed by atoms with E-state index in [-0.39, 0.29) is 18.4 Å². The van der Waals surface area contributed by atoms with Gasteiger partial charge in [0, 0.05) is 50.8 Å². The largest absolute Gasteiger partial charge is 0.363 e. The number of piperidine rings is 1. The number of hydrogen-bond donors (Lipinski definition) is 3. The van der Waals surface area contributed by atoms with Gasteiger partial charge in [-0.15, -0.1) is 0 Å². The Morgan fingerprint density at radius 2 is 2.06 bits per heavy atom. The molecule has 8 nitrogen and oxygen atoms in total. The first-order valence-corrected chi connectivity index (χ1v) is 10.2. The zero-order valence-electron chi connectivity index (χ0n) is 17.1. The van der Waals surface area contributed by atoms with Crippen LogP contribution in [0, 0.1) is 17.3 Å². The van der Waals surface area contributed by atoms with E-state index >= 15 is 0 Å². The van der Waals surface area contributed by atoms with Gasteiger partial charge in [0.1, 0.15) is 12.0 Å². The molecule has 32 heavy (non-hydrogen) atoms. The van der Waals surface area contributed by atoms with Crippen molar-refractivity contribution in [3.05, 3.63) is 53.6 Å². The lowest BCUT2D eigenvalue weighted by atomic mass is 10.1. The number of halogens is 3. The highest BCUT2D eigenvalue weighted by atomic mass is 19.3. The first-order valence-electron chi connectivity index (χ1n) is 10.2. The maximum Gasteiger partial charge on any atom is 0.266 e. The molecule has 1 fully saturated rings. The van der Waals surface area contributed by atoms with Crippen LogP contribution in [0.5, 0.6) is 0 Å². The SMILES string of the molecule is N#CNC(=O)c1ccncc1NC1NN(CCN2CCC(F)(F)CC2)c2ccc(F)cc21. The number of pyridine rings is 1. The third-order valence-corrected chi connectivity index (χ3v) is 5.64. The molecule has 3 N–H and O–H groups in total. The van der Waals surface area contributed by atoms with Gasteiger partial charge in [-0.25, -0.2) is 18.6 Å². The summed E-state index contributed by atoms with van der Waals surface area (Å²) in [5, 5.41) is 15.8. The monoisotopic (exact) mass is 445 g/mol. The van der Waals surface area contributed by atoms with Gasteiger partial charge < -0.3 is 15.2 Å². The molecule has 0 bridgehead atoms. The van der Waals surface area contributed by atoms with E-state index in [1.165, 1.54) is 30.6 Å². The van der Waals surface area contributed by atoms with Gasteiger partial charge in [-0.2, -0.15) is 5.26 Å². The van der Waals surface area contributed by atoms with E-state index in [4.69, 9.17) is 5.26 Å². The number of amides is 1. The van der Waals surface area contributed by atoms with Gasteiger partial charge >= 0.3 is 0 Å². The Hall–Kier alpha value is -3.36. The summed E-state index contributed by atoms with van der Waals surface area (Å²) in [6.07, 6.45) is 3.61. The lowest BCUT2D eigenvalue weighted by Crippen LogP contribution is -2.45. The van der Waals surface area contributed by atoms with Crippen molar-refractivity contribution in [3.63, 3.8) is 0 Å². The molecule has 168 valence electrons. The molecule has 1 atom stereocenters. The fourth-order valence-electron chi connectivity index (χ4n) is 3.92. The molecule has 2 aromatic rings. The number of fused-ring (bicyclic) bond motifs is 1. The molecular formula is C21H22F3N7O. The number of hydrogen-bond acceptors (Lipinski definition) is 7. The minimum absolute atomic E-state index is 0.152. The van der Waals surface area contributed by atoms with Crippen LogP contribution in [0.25, 0.3) is 0 Å². The molecule has 1 saturated heterocycles. The number of aromatic nitrogens is 1. The second-order valence-corrected chi connectivity index (χ2v) is 7.75. The van der Waals surface area contributed by atoms with E-state index in [2.05, 4.69) is 21.0 Å². The molecule has 0 aliphatic carbocycles. The number of nitrogens with one attached hydrogen (secondary N) is 3. The average molecular weight is 445 g/mol. The van der Waals surface area contributed by atoms with Crippen LogP contribution in [0.15, 0.2) is 36.7 Å². The molecule has 1 aromatic carbocycles. The number of likely N-dealkylation sites (tertiary alicyclic amines) is 1. The topological polar surface area (TPSA) is 96.3 Å². The fraction of sp³-hybridized carbons (Fsp3) is 0.381. The van der Waals surface area contributed by atoms with Gasteiger partial charge in [-0.1, -0.05) is 0 Å². The number of nitrogens with zero attached hydrogens (tertiary/aromatic N) is 4. The summed E-state index contributed by atoms with van der Waals surface area (Å²) < 4.78 is 40.8. The molecule has 11 heteroatoms. The van der Waals surface area contributed by atoms with E-state index in [9.17, 15) is 18.0 Å². The number of rotatable bonds is 6. The van der Waals surface area contributed by atoms with Crippen molar-refractivity contribution < 1.29 is 18.0 Å². The third kappa shape index (κ3) is 4.76. The van der Waals surface area contributed by atoms with Crippen molar-refractivity contribution in [2.45, 2.75) is 24.9 Å². The minimum Gasteiger partial charge on any atom is -0.363 e. The Balaban J connectivity index is 1.49. The molecule has 3 heterocycles. The highest BCUT2D eigenvalue weighted by Gasteiger charge is 2.35. The van der Waals surface area contributed by atoms with Crippen molar-refractivity contribution >= 4 is 17.3 Å². The van der Waals surface area contributed by atoms with Crippen LogP contribution in [0.4, 0.5) is 24.5 Å². The lowest BCUT2D eigenvalue weighted by Gasteiger charge is -2.33. The molecule has 1 amide bonds. The van der Waals surface area contributed by atoms with Crippen LogP contribution in [0.3, 0.4) is 0 Å². The highest BCUT2D eigenvalue weighted by Crippen LogP contribution is 2.35. The molecular weight excluding hydrogens is 423 g/mol. The molecule has 4 rings (SSSR count). The molecule has 0 spiro atoms. The van der Waals surface area contributed by atoms with Crippen molar-refractivity contribution in [1.29, 1.82) is 5.26 Å². The normalized spacial score (nSPS) is 19.8. The number of carbonyl (C=O) groups excluding carboxylic acids is 1. The Morgan fingerprint density at radius 3 is 2.81 bits per heavy atom. The van der Waals surface area contributed by atoms with Crippen molar-refractivity contribution in [3.8, 4) is 6.19 Å². The number of alkyl halides is 2. The summed E-state index contributed by atoms with van der Waals surface area (Å²) in [6.45, 7) is 1.71. The molecule has 0 saturated carbocycles.